The zero-order chi connectivity index (χ0) is 16.9. The number of amides is 1. The Bertz CT molecular complexity index is 698. The molecule has 1 amide bonds. The number of ether oxygens (including phenoxy) is 1. The molecule has 0 aliphatic carbocycles. The molecule has 2 heterocycles. The topological polar surface area (TPSA) is 67.4 Å². The molecule has 1 aliphatic rings. The summed E-state index contributed by atoms with van der Waals surface area (Å²) in [5.41, 5.74) is 1.36. The zero-order valence-electron chi connectivity index (χ0n) is 12.8. The summed E-state index contributed by atoms with van der Waals surface area (Å²) >= 11 is 11.9. The molecule has 8 heteroatoms. The number of halogens is 2. The molecule has 1 N–H and O–H groups in total. The molecule has 1 aromatic carbocycles. The van der Waals surface area contributed by atoms with E-state index in [2.05, 4.69) is 15.3 Å². The second kappa shape index (κ2) is 7.79. The maximum atomic E-state index is 12.3. The van der Waals surface area contributed by atoms with Crippen molar-refractivity contribution in [1.82, 2.24) is 14.9 Å². The van der Waals surface area contributed by atoms with Crippen LogP contribution in [-0.2, 0) is 11.3 Å². The van der Waals surface area contributed by atoms with Crippen LogP contribution >= 0.6 is 23.2 Å². The van der Waals surface area contributed by atoms with Crippen LogP contribution in [0.3, 0.4) is 0 Å². The summed E-state index contributed by atoms with van der Waals surface area (Å²) < 4.78 is 5.29. The first-order chi connectivity index (χ1) is 11.6. The fraction of sp³-hybridized carbons (Fsp3) is 0.312. The van der Waals surface area contributed by atoms with Crippen molar-refractivity contribution in [3.8, 4) is 0 Å². The summed E-state index contributed by atoms with van der Waals surface area (Å²) in [6.45, 7) is 2.17. The summed E-state index contributed by atoms with van der Waals surface area (Å²) in [6, 6.07) is 5.30. The highest BCUT2D eigenvalue weighted by Crippen LogP contribution is 2.19. The fourth-order valence-electron chi connectivity index (χ4n) is 2.36. The SMILES string of the molecule is O=C(c1cnc(NCc2cc(Cl)cc(Cl)c2)nc1)N1CCCOC1. The predicted octanol–water partition coefficient (Wildman–Crippen LogP) is 3.22. The van der Waals surface area contributed by atoms with Gasteiger partial charge in [-0.25, -0.2) is 9.97 Å². The van der Waals surface area contributed by atoms with Crippen molar-refractivity contribution in [2.45, 2.75) is 13.0 Å². The zero-order valence-corrected chi connectivity index (χ0v) is 14.3. The Morgan fingerprint density at radius 1 is 1.21 bits per heavy atom. The Balaban J connectivity index is 1.60. The molecule has 3 rings (SSSR count). The maximum Gasteiger partial charge on any atom is 0.258 e. The third kappa shape index (κ3) is 4.35. The van der Waals surface area contributed by atoms with E-state index in [1.165, 1.54) is 12.4 Å². The van der Waals surface area contributed by atoms with Crippen molar-refractivity contribution in [2.75, 3.05) is 25.2 Å². The van der Waals surface area contributed by atoms with Crippen molar-refractivity contribution in [3.05, 3.63) is 51.8 Å². The van der Waals surface area contributed by atoms with Crippen molar-refractivity contribution in [1.29, 1.82) is 0 Å². The van der Waals surface area contributed by atoms with Crippen LogP contribution in [0, 0.1) is 0 Å². The molecule has 0 unspecified atom stereocenters. The third-order valence-electron chi connectivity index (χ3n) is 3.52. The number of anilines is 1. The first-order valence-electron chi connectivity index (χ1n) is 7.50. The Labute approximate surface area is 149 Å². The molecule has 0 saturated carbocycles. The normalized spacial score (nSPS) is 14.5. The summed E-state index contributed by atoms with van der Waals surface area (Å²) in [5.74, 6) is 0.306. The summed E-state index contributed by atoms with van der Waals surface area (Å²) in [6.07, 6.45) is 3.86. The minimum absolute atomic E-state index is 0.122. The van der Waals surface area contributed by atoms with Crippen LogP contribution in [0.15, 0.2) is 30.6 Å². The second-order valence-corrected chi connectivity index (χ2v) is 6.26. The molecule has 0 bridgehead atoms. The number of aromatic nitrogens is 2. The molecule has 6 nitrogen and oxygen atoms in total. The van der Waals surface area contributed by atoms with Gasteiger partial charge in [0.2, 0.25) is 5.95 Å². The van der Waals surface area contributed by atoms with Gasteiger partial charge in [0.15, 0.2) is 0 Å². The molecule has 1 aromatic heterocycles. The van der Waals surface area contributed by atoms with E-state index in [1.807, 2.05) is 12.1 Å². The van der Waals surface area contributed by atoms with E-state index in [0.717, 1.165) is 12.0 Å². The van der Waals surface area contributed by atoms with Crippen molar-refractivity contribution < 1.29 is 9.53 Å². The smallest absolute Gasteiger partial charge is 0.258 e. The molecule has 0 radical (unpaired) electrons. The van der Waals surface area contributed by atoms with Crippen molar-refractivity contribution in [3.63, 3.8) is 0 Å². The Kier molecular flexibility index (Phi) is 5.50. The molecule has 126 valence electrons. The van der Waals surface area contributed by atoms with Gasteiger partial charge in [-0.1, -0.05) is 23.2 Å². The lowest BCUT2D eigenvalue weighted by molar-refractivity contribution is -0.00575. The molecule has 0 atom stereocenters. The van der Waals surface area contributed by atoms with Crippen LogP contribution in [-0.4, -0.2) is 40.7 Å². The van der Waals surface area contributed by atoms with Gasteiger partial charge in [0.1, 0.15) is 6.73 Å². The lowest BCUT2D eigenvalue weighted by atomic mass is 10.2. The van der Waals surface area contributed by atoms with Gasteiger partial charge >= 0.3 is 0 Å². The van der Waals surface area contributed by atoms with E-state index in [0.29, 0.717) is 48.0 Å². The quantitative estimate of drug-likeness (QED) is 0.899. The van der Waals surface area contributed by atoms with E-state index < -0.39 is 0 Å². The van der Waals surface area contributed by atoms with E-state index in [9.17, 15) is 4.79 Å². The van der Waals surface area contributed by atoms with E-state index in [-0.39, 0.29) is 5.91 Å². The van der Waals surface area contributed by atoms with Crippen molar-refractivity contribution >= 4 is 35.1 Å². The van der Waals surface area contributed by atoms with E-state index in [1.54, 1.807) is 11.0 Å². The van der Waals surface area contributed by atoms with Crippen LogP contribution in [0.1, 0.15) is 22.3 Å². The predicted molar refractivity (Wildman–Crippen MR) is 92.3 cm³/mol. The monoisotopic (exact) mass is 366 g/mol. The largest absolute Gasteiger partial charge is 0.361 e. The van der Waals surface area contributed by atoms with Gasteiger partial charge < -0.3 is 15.0 Å². The van der Waals surface area contributed by atoms with Crippen LogP contribution in [0.2, 0.25) is 10.0 Å². The highest BCUT2D eigenvalue weighted by molar-refractivity contribution is 6.34. The number of carbonyl (C=O) groups excluding carboxylic acids is 1. The van der Waals surface area contributed by atoms with Crippen molar-refractivity contribution in [2.24, 2.45) is 0 Å². The first kappa shape index (κ1) is 17.0. The standard InChI is InChI=1S/C16H16Cl2N4O2/c17-13-4-11(5-14(18)6-13)7-19-16-20-8-12(9-21-16)15(23)22-2-1-3-24-10-22/h4-6,8-9H,1-3,7,10H2,(H,19,20,21). The fourth-order valence-corrected chi connectivity index (χ4v) is 2.93. The van der Waals surface area contributed by atoms with Gasteiger partial charge in [0.25, 0.3) is 5.91 Å². The van der Waals surface area contributed by atoms with Gasteiger partial charge in [-0.05, 0) is 30.2 Å². The first-order valence-corrected chi connectivity index (χ1v) is 8.25. The van der Waals surface area contributed by atoms with Crippen LogP contribution in [0.25, 0.3) is 0 Å². The molecule has 2 aromatic rings. The molecule has 1 aliphatic heterocycles. The number of carbonyl (C=O) groups is 1. The average Bonchev–Trinajstić information content (AvgIpc) is 2.60. The van der Waals surface area contributed by atoms with Gasteiger partial charge in [0, 0.05) is 35.5 Å². The van der Waals surface area contributed by atoms with Crippen LogP contribution < -0.4 is 5.32 Å². The highest BCUT2D eigenvalue weighted by Gasteiger charge is 2.19. The number of hydrogen-bond donors (Lipinski definition) is 1. The molecular weight excluding hydrogens is 351 g/mol. The molecule has 1 saturated heterocycles. The lowest BCUT2D eigenvalue weighted by Crippen LogP contribution is -2.38. The van der Waals surface area contributed by atoms with Crippen LogP contribution in [0.4, 0.5) is 5.95 Å². The Morgan fingerprint density at radius 3 is 2.54 bits per heavy atom. The maximum absolute atomic E-state index is 12.3. The number of nitrogens with zero attached hydrogens (tertiary/aromatic N) is 3. The molecule has 0 spiro atoms. The highest BCUT2D eigenvalue weighted by atomic mass is 35.5. The second-order valence-electron chi connectivity index (χ2n) is 5.39. The summed E-state index contributed by atoms with van der Waals surface area (Å²) in [7, 11) is 0. The number of hydrogen-bond acceptors (Lipinski definition) is 5. The van der Waals surface area contributed by atoms with Gasteiger partial charge in [0.05, 0.1) is 12.2 Å². The number of benzene rings is 1. The van der Waals surface area contributed by atoms with Gasteiger partial charge in [-0.3, -0.25) is 4.79 Å². The molecule has 24 heavy (non-hydrogen) atoms. The summed E-state index contributed by atoms with van der Waals surface area (Å²) in [5, 5.41) is 4.22. The lowest BCUT2D eigenvalue weighted by Gasteiger charge is -2.26. The molecule has 1 fully saturated rings. The minimum atomic E-state index is -0.122. The third-order valence-corrected chi connectivity index (χ3v) is 3.96. The van der Waals surface area contributed by atoms with Gasteiger partial charge in [-0.15, -0.1) is 0 Å². The average molecular weight is 367 g/mol. The number of nitrogens with one attached hydrogen (secondary N) is 1. The van der Waals surface area contributed by atoms with Gasteiger partial charge in [-0.2, -0.15) is 0 Å². The van der Waals surface area contributed by atoms with E-state index in [4.69, 9.17) is 27.9 Å². The molecular formula is C16H16Cl2N4O2. The summed E-state index contributed by atoms with van der Waals surface area (Å²) in [4.78, 5) is 22.3. The van der Waals surface area contributed by atoms with E-state index >= 15 is 0 Å². The Hall–Kier alpha value is -1.89. The number of rotatable bonds is 4. The van der Waals surface area contributed by atoms with Crippen LogP contribution in [0.5, 0.6) is 0 Å². The minimum Gasteiger partial charge on any atom is -0.361 e. The Morgan fingerprint density at radius 2 is 1.92 bits per heavy atom.